The van der Waals surface area contributed by atoms with Gasteiger partial charge in [0.1, 0.15) is 0 Å². The van der Waals surface area contributed by atoms with Gasteiger partial charge in [-0.05, 0) is 42.9 Å². The van der Waals surface area contributed by atoms with Gasteiger partial charge in [0, 0.05) is 32.0 Å². The Labute approximate surface area is 109 Å². The summed E-state index contributed by atoms with van der Waals surface area (Å²) in [4.78, 5) is 2.07. The molecule has 0 aliphatic rings. The molecule has 0 radical (unpaired) electrons. The maximum atomic E-state index is 5.20. The van der Waals surface area contributed by atoms with E-state index < -0.39 is 0 Å². The summed E-state index contributed by atoms with van der Waals surface area (Å²) in [6.07, 6.45) is 2.31. The largest absolute Gasteiger partial charge is 0.378 e. The molecule has 0 saturated carbocycles. The third kappa shape index (κ3) is 5.04. The van der Waals surface area contributed by atoms with Crippen molar-refractivity contribution in [3.05, 3.63) is 24.3 Å². The number of nitrogens with one attached hydrogen (secondary N) is 2. The highest BCUT2D eigenvalue weighted by Gasteiger charge is 1.98. The van der Waals surface area contributed by atoms with Gasteiger partial charge in [-0.15, -0.1) is 0 Å². The highest BCUT2D eigenvalue weighted by atomic mass is 32.1. The maximum Gasteiger partial charge on any atom is 0.170 e. The molecule has 0 heterocycles. The van der Waals surface area contributed by atoms with E-state index in [1.807, 2.05) is 26.2 Å². The summed E-state index contributed by atoms with van der Waals surface area (Å²) in [5.41, 5.74) is 2.20. The number of thiocarbonyl (C=S) groups is 1. The van der Waals surface area contributed by atoms with Crippen LogP contribution in [0.5, 0.6) is 0 Å². The molecule has 4 heteroatoms. The molecule has 1 aromatic rings. The number of hydrogen-bond donors (Lipinski definition) is 2. The van der Waals surface area contributed by atoms with Gasteiger partial charge in [0.25, 0.3) is 0 Å². The monoisotopic (exact) mass is 251 g/mol. The molecule has 0 aliphatic carbocycles. The Morgan fingerprint density at radius 2 is 1.88 bits per heavy atom. The minimum absolute atomic E-state index is 0.691. The van der Waals surface area contributed by atoms with Crippen LogP contribution in [0.2, 0.25) is 0 Å². The molecular formula is C13H21N3S. The van der Waals surface area contributed by atoms with Crippen LogP contribution >= 0.6 is 12.2 Å². The SMILES string of the molecule is CCCCNC(=S)Nc1ccc(N(C)C)cc1. The fraction of sp³-hybridized carbons (Fsp3) is 0.462. The molecule has 94 valence electrons. The van der Waals surface area contributed by atoms with Gasteiger partial charge in [-0.25, -0.2) is 0 Å². The molecule has 0 unspecified atom stereocenters. The number of anilines is 2. The first-order valence-electron chi connectivity index (χ1n) is 5.95. The highest BCUT2D eigenvalue weighted by Crippen LogP contribution is 2.15. The predicted molar refractivity (Wildman–Crippen MR) is 79.9 cm³/mol. The number of nitrogens with zero attached hydrogens (tertiary/aromatic N) is 1. The second-order valence-electron chi connectivity index (χ2n) is 4.18. The summed E-state index contributed by atoms with van der Waals surface area (Å²) in [5, 5.41) is 7.04. The van der Waals surface area contributed by atoms with Crippen molar-refractivity contribution in [2.24, 2.45) is 0 Å². The minimum atomic E-state index is 0.691. The van der Waals surface area contributed by atoms with E-state index in [0.29, 0.717) is 5.11 Å². The van der Waals surface area contributed by atoms with E-state index >= 15 is 0 Å². The Hall–Kier alpha value is -1.29. The Kier molecular flexibility index (Phi) is 5.77. The molecule has 1 aromatic carbocycles. The third-order valence-electron chi connectivity index (χ3n) is 2.46. The Balaban J connectivity index is 2.43. The summed E-state index contributed by atoms with van der Waals surface area (Å²) in [6.45, 7) is 3.09. The molecule has 1 rings (SSSR count). The first-order valence-corrected chi connectivity index (χ1v) is 6.36. The minimum Gasteiger partial charge on any atom is -0.378 e. The Morgan fingerprint density at radius 1 is 1.24 bits per heavy atom. The lowest BCUT2D eigenvalue weighted by Crippen LogP contribution is -2.29. The molecule has 0 spiro atoms. The molecule has 0 atom stereocenters. The zero-order valence-electron chi connectivity index (χ0n) is 10.8. The zero-order valence-corrected chi connectivity index (χ0v) is 11.6. The van der Waals surface area contributed by atoms with E-state index in [-0.39, 0.29) is 0 Å². The van der Waals surface area contributed by atoms with E-state index in [0.717, 1.165) is 18.7 Å². The third-order valence-corrected chi connectivity index (χ3v) is 2.70. The lowest BCUT2D eigenvalue weighted by atomic mass is 10.2. The van der Waals surface area contributed by atoms with Crippen LogP contribution in [0.4, 0.5) is 11.4 Å². The van der Waals surface area contributed by atoms with Crippen molar-refractivity contribution in [2.75, 3.05) is 30.9 Å². The molecule has 0 amide bonds. The molecule has 0 aromatic heterocycles. The molecule has 0 aliphatic heterocycles. The smallest absolute Gasteiger partial charge is 0.170 e. The predicted octanol–water partition coefficient (Wildman–Crippen LogP) is 2.84. The number of hydrogen-bond acceptors (Lipinski definition) is 2. The van der Waals surface area contributed by atoms with Crippen molar-refractivity contribution < 1.29 is 0 Å². The van der Waals surface area contributed by atoms with E-state index in [1.165, 1.54) is 12.1 Å². The first-order chi connectivity index (χ1) is 8.13. The summed E-state index contributed by atoms with van der Waals surface area (Å²) in [5.74, 6) is 0. The van der Waals surface area contributed by atoms with Gasteiger partial charge < -0.3 is 15.5 Å². The van der Waals surface area contributed by atoms with Crippen molar-refractivity contribution in [3.8, 4) is 0 Å². The molecule has 0 fully saturated rings. The van der Waals surface area contributed by atoms with Crippen LogP contribution in [0, 0.1) is 0 Å². The molecule has 17 heavy (non-hydrogen) atoms. The van der Waals surface area contributed by atoms with Crippen LogP contribution < -0.4 is 15.5 Å². The fourth-order valence-corrected chi connectivity index (χ4v) is 1.62. The lowest BCUT2D eigenvalue weighted by Gasteiger charge is -2.14. The van der Waals surface area contributed by atoms with Gasteiger partial charge in [0.2, 0.25) is 0 Å². The van der Waals surface area contributed by atoms with Gasteiger partial charge in [0.05, 0.1) is 0 Å². The fourth-order valence-electron chi connectivity index (χ4n) is 1.40. The zero-order chi connectivity index (χ0) is 12.7. The molecular weight excluding hydrogens is 230 g/mol. The number of rotatable bonds is 5. The van der Waals surface area contributed by atoms with Gasteiger partial charge >= 0.3 is 0 Å². The molecule has 2 N–H and O–H groups in total. The number of benzene rings is 1. The average Bonchev–Trinajstić information content (AvgIpc) is 2.30. The van der Waals surface area contributed by atoms with E-state index in [2.05, 4.69) is 34.6 Å². The van der Waals surface area contributed by atoms with E-state index in [4.69, 9.17) is 12.2 Å². The van der Waals surface area contributed by atoms with E-state index in [1.54, 1.807) is 0 Å². The first kappa shape index (κ1) is 13.8. The molecule has 0 saturated heterocycles. The summed E-state index contributed by atoms with van der Waals surface area (Å²) < 4.78 is 0. The van der Waals surface area contributed by atoms with Gasteiger partial charge in [-0.2, -0.15) is 0 Å². The Bertz CT molecular complexity index is 346. The maximum absolute atomic E-state index is 5.20. The quantitative estimate of drug-likeness (QED) is 0.621. The average molecular weight is 251 g/mol. The van der Waals surface area contributed by atoms with Gasteiger partial charge in [-0.1, -0.05) is 13.3 Å². The molecule has 3 nitrogen and oxygen atoms in total. The van der Waals surface area contributed by atoms with E-state index in [9.17, 15) is 0 Å². The number of unbranched alkanes of at least 4 members (excludes halogenated alkanes) is 1. The summed E-state index contributed by atoms with van der Waals surface area (Å²) in [6, 6.07) is 8.19. The van der Waals surface area contributed by atoms with Crippen LogP contribution in [0.15, 0.2) is 24.3 Å². The molecule has 0 bridgehead atoms. The second-order valence-corrected chi connectivity index (χ2v) is 4.58. The van der Waals surface area contributed by atoms with Crippen LogP contribution in [-0.2, 0) is 0 Å². The standard InChI is InChI=1S/C13H21N3S/c1-4-5-10-14-13(17)15-11-6-8-12(9-7-11)16(2)3/h6-9H,4-5,10H2,1-3H3,(H2,14,15,17). The van der Waals surface area contributed by atoms with Crippen LogP contribution in [0.3, 0.4) is 0 Å². The highest BCUT2D eigenvalue weighted by molar-refractivity contribution is 7.80. The van der Waals surface area contributed by atoms with Crippen molar-refractivity contribution in [2.45, 2.75) is 19.8 Å². The van der Waals surface area contributed by atoms with Crippen molar-refractivity contribution in [1.29, 1.82) is 0 Å². The van der Waals surface area contributed by atoms with Crippen molar-refractivity contribution in [3.63, 3.8) is 0 Å². The van der Waals surface area contributed by atoms with Crippen LogP contribution in [0.1, 0.15) is 19.8 Å². The lowest BCUT2D eigenvalue weighted by molar-refractivity contribution is 0.758. The second kappa shape index (κ2) is 7.12. The summed E-state index contributed by atoms with van der Waals surface area (Å²) >= 11 is 5.20. The van der Waals surface area contributed by atoms with Crippen molar-refractivity contribution >= 4 is 28.7 Å². The Morgan fingerprint density at radius 3 is 2.41 bits per heavy atom. The summed E-state index contributed by atoms with van der Waals surface area (Å²) in [7, 11) is 4.05. The van der Waals surface area contributed by atoms with Crippen LogP contribution in [0.25, 0.3) is 0 Å². The normalized spacial score (nSPS) is 9.82. The van der Waals surface area contributed by atoms with Gasteiger partial charge in [0.15, 0.2) is 5.11 Å². The topological polar surface area (TPSA) is 27.3 Å². The van der Waals surface area contributed by atoms with Crippen LogP contribution in [-0.4, -0.2) is 25.8 Å². The van der Waals surface area contributed by atoms with Crippen molar-refractivity contribution in [1.82, 2.24) is 5.32 Å². The van der Waals surface area contributed by atoms with Gasteiger partial charge in [-0.3, -0.25) is 0 Å².